The zero-order valence-corrected chi connectivity index (χ0v) is 17.0. The molecule has 0 bridgehead atoms. The molecule has 4 nitrogen and oxygen atoms in total. The Morgan fingerprint density at radius 3 is 2.73 bits per heavy atom. The zero-order chi connectivity index (χ0) is 19.1. The molecule has 0 heterocycles. The minimum Gasteiger partial charge on any atom is -0.490 e. The molecule has 142 valence electrons. The normalized spacial score (nSPS) is 12.1. The Labute approximate surface area is 166 Å². The lowest BCUT2D eigenvalue weighted by atomic mass is 10.2. The molecule has 26 heavy (non-hydrogen) atoms. The van der Waals surface area contributed by atoms with Crippen molar-refractivity contribution < 1.29 is 19.0 Å². The fourth-order valence-electron chi connectivity index (χ4n) is 2.37. The Kier molecular flexibility index (Phi) is 8.15. The van der Waals surface area contributed by atoms with Gasteiger partial charge < -0.3 is 19.9 Å². The van der Waals surface area contributed by atoms with Crippen LogP contribution < -0.4 is 14.8 Å². The van der Waals surface area contributed by atoms with E-state index in [1.165, 1.54) is 6.07 Å². The van der Waals surface area contributed by atoms with Crippen LogP contribution in [-0.4, -0.2) is 24.4 Å². The van der Waals surface area contributed by atoms with E-state index >= 15 is 0 Å². The maximum atomic E-state index is 13.9. The molecule has 0 aliphatic heterocycles. The van der Waals surface area contributed by atoms with Crippen molar-refractivity contribution in [3.8, 4) is 11.5 Å². The summed E-state index contributed by atoms with van der Waals surface area (Å²) in [7, 11) is 0. The second-order valence-corrected chi connectivity index (χ2v) is 7.07. The Morgan fingerprint density at radius 1 is 1.31 bits per heavy atom. The largest absolute Gasteiger partial charge is 0.490 e. The van der Waals surface area contributed by atoms with Crippen LogP contribution in [0.1, 0.15) is 25.0 Å². The number of nitrogens with one attached hydrogen (secondary N) is 1. The third-order valence-corrected chi connectivity index (χ3v) is 4.50. The van der Waals surface area contributed by atoms with Crippen molar-refractivity contribution in [3.63, 3.8) is 0 Å². The fourth-order valence-corrected chi connectivity index (χ4v) is 3.19. The first-order chi connectivity index (χ1) is 12.4. The van der Waals surface area contributed by atoms with E-state index in [1.807, 2.05) is 19.1 Å². The van der Waals surface area contributed by atoms with Crippen molar-refractivity contribution in [1.29, 1.82) is 0 Å². The number of aliphatic hydroxyl groups excluding tert-OH is 1. The van der Waals surface area contributed by atoms with E-state index < -0.39 is 11.9 Å². The van der Waals surface area contributed by atoms with Crippen LogP contribution in [0.25, 0.3) is 0 Å². The molecule has 0 aromatic heterocycles. The molecular formula is C19H22BrClFNO3. The van der Waals surface area contributed by atoms with Crippen molar-refractivity contribution in [1.82, 2.24) is 5.32 Å². The van der Waals surface area contributed by atoms with Gasteiger partial charge in [-0.3, -0.25) is 0 Å². The highest BCUT2D eigenvalue weighted by atomic mass is 79.9. The molecule has 1 atom stereocenters. The molecule has 0 radical (unpaired) electrons. The molecule has 7 heteroatoms. The van der Waals surface area contributed by atoms with Crippen LogP contribution in [0.5, 0.6) is 11.5 Å². The zero-order valence-electron chi connectivity index (χ0n) is 14.7. The number of aliphatic hydroxyl groups is 1. The van der Waals surface area contributed by atoms with Crippen molar-refractivity contribution in [2.75, 3.05) is 13.2 Å². The molecule has 2 N–H and O–H groups in total. The lowest BCUT2D eigenvalue weighted by molar-refractivity contribution is 0.191. The smallest absolute Gasteiger partial charge is 0.175 e. The highest BCUT2D eigenvalue weighted by Crippen LogP contribution is 2.38. The monoisotopic (exact) mass is 445 g/mol. The SMILES string of the molecule is CCOc1cc(CNC[C@@H](C)O)cc(Br)c1OCc1c(F)cccc1Cl. The highest BCUT2D eigenvalue weighted by molar-refractivity contribution is 9.10. The van der Waals surface area contributed by atoms with Crippen LogP contribution in [0.15, 0.2) is 34.8 Å². The van der Waals surface area contributed by atoms with E-state index in [-0.39, 0.29) is 6.61 Å². The first kappa shape index (κ1) is 21.0. The maximum Gasteiger partial charge on any atom is 0.175 e. The van der Waals surface area contributed by atoms with E-state index in [9.17, 15) is 9.50 Å². The van der Waals surface area contributed by atoms with Crippen LogP contribution in [0.3, 0.4) is 0 Å². The molecule has 0 saturated heterocycles. The Hall–Kier alpha value is -1.34. The summed E-state index contributed by atoms with van der Waals surface area (Å²) in [6.45, 7) is 5.12. The van der Waals surface area contributed by atoms with Gasteiger partial charge in [0.15, 0.2) is 11.5 Å². The molecule has 2 aromatic rings. The van der Waals surface area contributed by atoms with Crippen molar-refractivity contribution in [3.05, 3.63) is 56.8 Å². The lowest BCUT2D eigenvalue weighted by Gasteiger charge is -2.16. The first-order valence-electron chi connectivity index (χ1n) is 8.32. The topological polar surface area (TPSA) is 50.7 Å². The van der Waals surface area contributed by atoms with E-state index in [2.05, 4.69) is 21.2 Å². The molecule has 2 rings (SSSR count). The van der Waals surface area contributed by atoms with Crippen LogP contribution in [0, 0.1) is 5.82 Å². The summed E-state index contributed by atoms with van der Waals surface area (Å²) in [6, 6.07) is 8.29. The highest BCUT2D eigenvalue weighted by Gasteiger charge is 2.15. The van der Waals surface area contributed by atoms with Gasteiger partial charge in [-0.25, -0.2) is 4.39 Å². The summed E-state index contributed by atoms with van der Waals surface area (Å²) in [5, 5.41) is 12.8. The summed E-state index contributed by atoms with van der Waals surface area (Å²) < 4.78 is 26.1. The number of halogens is 3. The van der Waals surface area contributed by atoms with E-state index in [4.69, 9.17) is 21.1 Å². The second kappa shape index (κ2) is 10.1. The molecule has 0 fully saturated rings. The van der Waals surface area contributed by atoms with Gasteiger partial charge in [0.25, 0.3) is 0 Å². The lowest BCUT2D eigenvalue weighted by Crippen LogP contribution is -2.23. The van der Waals surface area contributed by atoms with Gasteiger partial charge in [0, 0.05) is 18.7 Å². The van der Waals surface area contributed by atoms with Crippen LogP contribution in [0.2, 0.25) is 5.02 Å². The van der Waals surface area contributed by atoms with E-state index in [0.29, 0.717) is 46.3 Å². The van der Waals surface area contributed by atoms with Crippen LogP contribution in [-0.2, 0) is 13.2 Å². The van der Waals surface area contributed by atoms with Gasteiger partial charge >= 0.3 is 0 Å². The standard InChI is InChI=1S/C19H22BrClFNO3/c1-3-25-18-8-13(10-23-9-12(2)24)7-15(20)19(18)26-11-14-16(21)5-4-6-17(14)22/h4-8,12,23-24H,3,9-11H2,1-2H3/t12-/m1/s1. The number of hydrogen-bond donors (Lipinski definition) is 2. The van der Waals surface area contributed by atoms with Gasteiger partial charge in [-0.1, -0.05) is 17.7 Å². The summed E-state index contributed by atoms with van der Waals surface area (Å²) in [6.07, 6.45) is -0.419. The minimum atomic E-state index is -0.419. The molecule has 0 amide bonds. The average Bonchev–Trinajstić information content (AvgIpc) is 2.56. The third-order valence-electron chi connectivity index (χ3n) is 3.56. The summed E-state index contributed by atoms with van der Waals surface area (Å²) in [5.41, 5.74) is 1.27. The molecule has 0 unspecified atom stereocenters. The van der Waals surface area contributed by atoms with Gasteiger partial charge in [0.05, 0.1) is 22.2 Å². The van der Waals surface area contributed by atoms with Gasteiger partial charge in [0.2, 0.25) is 0 Å². The number of ether oxygens (including phenoxy) is 2. The summed E-state index contributed by atoms with van der Waals surface area (Å²) in [5.74, 6) is 0.638. The van der Waals surface area contributed by atoms with Crippen molar-refractivity contribution in [2.45, 2.75) is 33.1 Å². The molecule has 0 aliphatic carbocycles. The van der Waals surface area contributed by atoms with Crippen molar-refractivity contribution in [2.24, 2.45) is 0 Å². The van der Waals surface area contributed by atoms with Gasteiger partial charge in [0.1, 0.15) is 12.4 Å². The van der Waals surface area contributed by atoms with Crippen molar-refractivity contribution >= 4 is 27.5 Å². The predicted octanol–water partition coefficient (Wildman–Crippen LogP) is 4.69. The van der Waals surface area contributed by atoms with Crippen LogP contribution >= 0.6 is 27.5 Å². The van der Waals surface area contributed by atoms with Gasteiger partial charge in [-0.2, -0.15) is 0 Å². The minimum absolute atomic E-state index is 0.0101. The Morgan fingerprint density at radius 2 is 2.08 bits per heavy atom. The molecule has 0 saturated carbocycles. The number of rotatable bonds is 9. The van der Waals surface area contributed by atoms with Crippen LogP contribution in [0.4, 0.5) is 4.39 Å². The molecule has 0 aliphatic rings. The quantitative estimate of drug-likeness (QED) is 0.587. The Bertz CT molecular complexity index is 723. The molecule has 2 aromatic carbocycles. The second-order valence-electron chi connectivity index (χ2n) is 5.81. The maximum absolute atomic E-state index is 13.9. The van der Waals surface area contributed by atoms with E-state index in [1.54, 1.807) is 19.1 Å². The van der Waals surface area contributed by atoms with E-state index in [0.717, 1.165) is 5.56 Å². The van der Waals surface area contributed by atoms with Gasteiger partial charge in [-0.15, -0.1) is 0 Å². The summed E-state index contributed by atoms with van der Waals surface area (Å²) in [4.78, 5) is 0. The number of benzene rings is 2. The molecular weight excluding hydrogens is 425 g/mol. The average molecular weight is 447 g/mol. The van der Waals surface area contributed by atoms with Gasteiger partial charge in [-0.05, 0) is 59.6 Å². The number of hydrogen-bond acceptors (Lipinski definition) is 4. The summed E-state index contributed by atoms with van der Waals surface area (Å²) >= 11 is 9.54. The third kappa shape index (κ3) is 5.84. The Balaban J connectivity index is 2.18. The fraction of sp³-hybridized carbons (Fsp3) is 0.368. The molecule has 0 spiro atoms. The first-order valence-corrected chi connectivity index (χ1v) is 9.49. The predicted molar refractivity (Wildman–Crippen MR) is 104 cm³/mol.